The lowest BCUT2D eigenvalue weighted by molar-refractivity contribution is -0.132. The van der Waals surface area contributed by atoms with E-state index in [1.165, 1.54) is 0 Å². The van der Waals surface area contributed by atoms with Crippen molar-refractivity contribution < 1.29 is 9.53 Å². The lowest BCUT2D eigenvalue weighted by Crippen LogP contribution is -2.36. The monoisotopic (exact) mass is 360 g/mol. The molecule has 0 saturated carbocycles. The predicted octanol–water partition coefficient (Wildman–Crippen LogP) is 3.35. The fourth-order valence-electron chi connectivity index (χ4n) is 3.08. The van der Waals surface area contributed by atoms with Gasteiger partial charge in [-0.25, -0.2) is 0 Å². The molecule has 0 bridgehead atoms. The molecule has 1 heterocycles. The smallest absolute Gasteiger partial charge is 0.260 e. The van der Waals surface area contributed by atoms with Gasteiger partial charge in [-0.3, -0.25) is 4.79 Å². The molecule has 1 aliphatic heterocycles. The number of carbonyl (C=O) groups excluding carboxylic acids is 1. The Balaban J connectivity index is 0.00000225. The third kappa shape index (κ3) is 4.53. The minimum atomic E-state index is 0. The Morgan fingerprint density at radius 3 is 2.52 bits per heavy atom. The number of likely N-dealkylation sites (tertiary alicyclic amines) is 1. The van der Waals surface area contributed by atoms with E-state index in [-0.39, 0.29) is 30.3 Å². The third-order valence-corrected chi connectivity index (χ3v) is 4.73. The van der Waals surface area contributed by atoms with E-state index in [0.29, 0.717) is 13.1 Å². The molecule has 4 nitrogen and oxygen atoms in total. The van der Waals surface area contributed by atoms with E-state index in [4.69, 9.17) is 10.5 Å². The molecular weight excluding hydrogens is 336 g/mol. The minimum Gasteiger partial charge on any atom is -0.483 e. The number of para-hydroxylation sites is 1. The Morgan fingerprint density at radius 1 is 1.16 bits per heavy atom. The molecule has 0 radical (unpaired) electrons. The molecule has 2 aromatic carbocycles. The average Bonchev–Trinajstić information content (AvgIpc) is 3.04. The first-order valence-corrected chi connectivity index (χ1v) is 8.36. The van der Waals surface area contributed by atoms with Crippen LogP contribution in [0.2, 0.25) is 0 Å². The first kappa shape index (κ1) is 19.3. The van der Waals surface area contributed by atoms with E-state index in [2.05, 4.69) is 6.92 Å². The summed E-state index contributed by atoms with van der Waals surface area (Å²) in [5.41, 5.74) is 7.93. The SMILES string of the molecule is CC1(CN)CCN(C(=O)COc2ccccc2-c2ccccc2)C1.Cl. The maximum absolute atomic E-state index is 12.4. The summed E-state index contributed by atoms with van der Waals surface area (Å²) in [5.74, 6) is 0.757. The summed E-state index contributed by atoms with van der Waals surface area (Å²) in [6.45, 7) is 4.27. The molecule has 0 spiro atoms. The average molecular weight is 361 g/mol. The molecule has 0 aromatic heterocycles. The van der Waals surface area contributed by atoms with Crippen molar-refractivity contribution in [1.82, 2.24) is 4.90 Å². The number of benzene rings is 2. The van der Waals surface area contributed by atoms with Gasteiger partial charge in [0.2, 0.25) is 0 Å². The first-order chi connectivity index (χ1) is 11.6. The summed E-state index contributed by atoms with van der Waals surface area (Å²) in [6, 6.07) is 17.9. The molecule has 2 N–H and O–H groups in total. The highest BCUT2D eigenvalue weighted by atomic mass is 35.5. The van der Waals surface area contributed by atoms with Crippen LogP contribution in [-0.2, 0) is 4.79 Å². The van der Waals surface area contributed by atoms with Gasteiger partial charge in [-0.15, -0.1) is 12.4 Å². The zero-order valence-corrected chi connectivity index (χ0v) is 15.3. The number of rotatable bonds is 5. The van der Waals surface area contributed by atoms with Crippen molar-refractivity contribution in [2.75, 3.05) is 26.2 Å². The number of nitrogens with two attached hydrogens (primary N) is 1. The van der Waals surface area contributed by atoms with Crippen LogP contribution in [0, 0.1) is 5.41 Å². The second kappa shape index (κ2) is 8.37. The van der Waals surface area contributed by atoms with Crippen molar-refractivity contribution in [3.63, 3.8) is 0 Å². The maximum Gasteiger partial charge on any atom is 0.260 e. The highest BCUT2D eigenvalue weighted by molar-refractivity contribution is 5.85. The molecule has 1 fully saturated rings. The van der Waals surface area contributed by atoms with Crippen LogP contribution in [0.4, 0.5) is 0 Å². The van der Waals surface area contributed by atoms with Crippen LogP contribution < -0.4 is 10.5 Å². The van der Waals surface area contributed by atoms with Crippen LogP contribution >= 0.6 is 12.4 Å². The van der Waals surface area contributed by atoms with Crippen LogP contribution in [0.15, 0.2) is 54.6 Å². The molecule has 2 aromatic rings. The van der Waals surface area contributed by atoms with Gasteiger partial charge in [-0.05, 0) is 30.0 Å². The number of hydrogen-bond donors (Lipinski definition) is 1. The molecule has 1 aliphatic rings. The number of amides is 1. The lowest BCUT2D eigenvalue weighted by atomic mass is 9.90. The Bertz CT molecular complexity index is 708. The Hall–Kier alpha value is -2.04. The van der Waals surface area contributed by atoms with Gasteiger partial charge in [0.15, 0.2) is 6.61 Å². The van der Waals surface area contributed by atoms with E-state index in [9.17, 15) is 4.79 Å². The Morgan fingerprint density at radius 2 is 1.84 bits per heavy atom. The predicted molar refractivity (Wildman–Crippen MR) is 103 cm³/mol. The summed E-state index contributed by atoms with van der Waals surface area (Å²) in [5, 5.41) is 0. The van der Waals surface area contributed by atoms with Crippen LogP contribution in [0.3, 0.4) is 0 Å². The van der Waals surface area contributed by atoms with Crippen LogP contribution in [0.1, 0.15) is 13.3 Å². The largest absolute Gasteiger partial charge is 0.483 e. The van der Waals surface area contributed by atoms with E-state index >= 15 is 0 Å². The summed E-state index contributed by atoms with van der Waals surface area (Å²) in [6.07, 6.45) is 0.954. The topological polar surface area (TPSA) is 55.6 Å². The zero-order valence-electron chi connectivity index (χ0n) is 14.5. The van der Waals surface area contributed by atoms with Crippen molar-refractivity contribution in [3.8, 4) is 16.9 Å². The van der Waals surface area contributed by atoms with E-state index in [0.717, 1.165) is 29.8 Å². The molecule has 1 saturated heterocycles. The normalized spacial score (nSPS) is 19.4. The van der Waals surface area contributed by atoms with E-state index in [1.807, 2.05) is 59.5 Å². The fraction of sp³-hybridized carbons (Fsp3) is 0.350. The lowest BCUT2D eigenvalue weighted by Gasteiger charge is -2.22. The molecule has 3 rings (SSSR count). The number of hydrogen-bond acceptors (Lipinski definition) is 3. The van der Waals surface area contributed by atoms with Crippen molar-refractivity contribution in [2.24, 2.45) is 11.1 Å². The molecule has 5 heteroatoms. The molecule has 134 valence electrons. The third-order valence-electron chi connectivity index (χ3n) is 4.73. The quantitative estimate of drug-likeness (QED) is 0.889. The number of carbonyl (C=O) groups is 1. The number of ether oxygens (including phenoxy) is 1. The van der Waals surface area contributed by atoms with Gasteiger partial charge in [0.1, 0.15) is 5.75 Å². The second-order valence-corrected chi connectivity index (χ2v) is 6.73. The first-order valence-electron chi connectivity index (χ1n) is 8.36. The van der Waals surface area contributed by atoms with Gasteiger partial charge in [0.25, 0.3) is 5.91 Å². The number of nitrogens with zero attached hydrogens (tertiary/aromatic N) is 1. The highest BCUT2D eigenvalue weighted by Crippen LogP contribution is 2.31. The highest BCUT2D eigenvalue weighted by Gasteiger charge is 2.34. The van der Waals surface area contributed by atoms with Gasteiger partial charge in [0.05, 0.1) is 0 Å². The zero-order chi connectivity index (χ0) is 17.0. The van der Waals surface area contributed by atoms with Crippen molar-refractivity contribution in [2.45, 2.75) is 13.3 Å². The second-order valence-electron chi connectivity index (χ2n) is 6.73. The number of halogens is 1. The summed E-state index contributed by atoms with van der Waals surface area (Å²) >= 11 is 0. The van der Waals surface area contributed by atoms with Crippen LogP contribution in [-0.4, -0.2) is 37.0 Å². The molecule has 1 unspecified atom stereocenters. The Kier molecular flexibility index (Phi) is 6.45. The Labute approximate surface area is 155 Å². The van der Waals surface area contributed by atoms with Gasteiger partial charge >= 0.3 is 0 Å². The molecule has 1 amide bonds. The van der Waals surface area contributed by atoms with E-state index < -0.39 is 0 Å². The van der Waals surface area contributed by atoms with Crippen molar-refractivity contribution >= 4 is 18.3 Å². The standard InChI is InChI=1S/C20H24N2O2.ClH/c1-20(14-21)11-12-22(15-20)19(23)13-24-18-10-6-5-9-17(18)16-7-3-2-4-8-16;/h2-10H,11-15,21H2,1H3;1H. The van der Waals surface area contributed by atoms with Gasteiger partial charge in [-0.2, -0.15) is 0 Å². The van der Waals surface area contributed by atoms with Crippen LogP contribution in [0.5, 0.6) is 5.75 Å². The molecule has 25 heavy (non-hydrogen) atoms. The van der Waals surface area contributed by atoms with Crippen LogP contribution in [0.25, 0.3) is 11.1 Å². The summed E-state index contributed by atoms with van der Waals surface area (Å²) < 4.78 is 5.85. The fourth-order valence-corrected chi connectivity index (χ4v) is 3.08. The van der Waals surface area contributed by atoms with Gasteiger partial charge in [0, 0.05) is 18.7 Å². The summed E-state index contributed by atoms with van der Waals surface area (Å²) in [7, 11) is 0. The maximum atomic E-state index is 12.4. The van der Waals surface area contributed by atoms with Crippen molar-refractivity contribution in [1.29, 1.82) is 0 Å². The molecular formula is C20H25ClN2O2. The molecule has 1 atom stereocenters. The van der Waals surface area contributed by atoms with E-state index in [1.54, 1.807) is 0 Å². The van der Waals surface area contributed by atoms with Crippen molar-refractivity contribution in [3.05, 3.63) is 54.6 Å². The van der Waals surface area contributed by atoms with Gasteiger partial charge < -0.3 is 15.4 Å². The molecule has 0 aliphatic carbocycles. The minimum absolute atomic E-state index is 0. The summed E-state index contributed by atoms with van der Waals surface area (Å²) in [4.78, 5) is 14.3. The van der Waals surface area contributed by atoms with Gasteiger partial charge in [-0.1, -0.05) is 55.5 Å².